The second-order valence-electron chi connectivity index (χ2n) is 12.5. The van der Waals surface area contributed by atoms with E-state index in [-0.39, 0.29) is 18.5 Å². The standard InChI is InChI=1S/C36H38F6N2O6/c1-7-33(5,8-2)29(45)23-17-24(26(32(49)50)18-25(23)31(47)48)30(46)43-19-11-13-21(27(15-19)35(37,38)39)22-14-12-20(16-28(22)36(40,41)42)44-34(6,9-3)10-4/h11-18,44H,7-10H2,1-6H3,(H,43,46)(H,47,48)(H,49,50). The molecule has 8 nitrogen and oxygen atoms in total. The minimum absolute atomic E-state index is 0.0592. The van der Waals surface area contributed by atoms with Gasteiger partial charge in [0.1, 0.15) is 0 Å². The average molecular weight is 709 g/mol. The number of carbonyl (C=O) groups is 4. The van der Waals surface area contributed by atoms with E-state index in [0.29, 0.717) is 25.0 Å². The van der Waals surface area contributed by atoms with Crippen LogP contribution in [0.25, 0.3) is 11.1 Å². The molecule has 1 amide bonds. The van der Waals surface area contributed by atoms with Crippen LogP contribution in [-0.4, -0.2) is 39.4 Å². The van der Waals surface area contributed by atoms with Crippen LogP contribution >= 0.6 is 0 Å². The number of anilines is 2. The second-order valence-corrected chi connectivity index (χ2v) is 12.5. The van der Waals surface area contributed by atoms with E-state index in [1.54, 1.807) is 27.7 Å². The van der Waals surface area contributed by atoms with E-state index in [4.69, 9.17) is 0 Å². The van der Waals surface area contributed by atoms with Crippen molar-refractivity contribution >= 4 is 35.0 Å². The van der Waals surface area contributed by atoms with Crippen molar-refractivity contribution in [2.75, 3.05) is 10.6 Å². The Morgan fingerprint density at radius 2 is 1.02 bits per heavy atom. The van der Waals surface area contributed by atoms with Crippen molar-refractivity contribution in [3.63, 3.8) is 0 Å². The Labute approximate surface area is 284 Å². The van der Waals surface area contributed by atoms with Crippen LogP contribution in [0.1, 0.15) is 120 Å². The molecule has 4 N–H and O–H groups in total. The second kappa shape index (κ2) is 14.5. The van der Waals surface area contributed by atoms with Gasteiger partial charge in [0.15, 0.2) is 5.78 Å². The molecule has 0 atom stereocenters. The van der Waals surface area contributed by atoms with E-state index >= 15 is 0 Å². The summed E-state index contributed by atoms with van der Waals surface area (Å²) in [6, 6.07) is 6.42. The fourth-order valence-electron chi connectivity index (χ4n) is 5.38. The monoisotopic (exact) mass is 708 g/mol. The lowest BCUT2D eigenvalue weighted by Crippen LogP contribution is -2.33. The first-order valence-corrected chi connectivity index (χ1v) is 15.8. The number of rotatable bonds is 13. The summed E-state index contributed by atoms with van der Waals surface area (Å²) in [4.78, 5) is 51.0. The van der Waals surface area contributed by atoms with Gasteiger partial charge in [-0.25, -0.2) is 9.59 Å². The Morgan fingerprint density at radius 3 is 1.44 bits per heavy atom. The zero-order valence-electron chi connectivity index (χ0n) is 28.2. The number of carboxylic acid groups (broad SMARTS) is 2. The van der Waals surface area contributed by atoms with E-state index in [2.05, 4.69) is 10.6 Å². The normalized spacial score (nSPS) is 12.4. The van der Waals surface area contributed by atoms with Crippen molar-refractivity contribution < 1.29 is 55.7 Å². The van der Waals surface area contributed by atoms with Crippen molar-refractivity contribution in [2.24, 2.45) is 5.41 Å². The first-order chi connectivity index (χ1) is 23.1. The minimum Gasteiger partial charge on any atom is -0.478 e. The fourth-order valence-corrected chi connectivity index (χ4v) is 5.38. The summed E-state index contributed by atoms with van der Waals surface area (Å²) in [6.45, 7) is 10.4. The smallest absolute Gasteiger partial charge is 0.417 e. The molecule has 14 heteroatoms. The van der Waals surface area contributed by atoms with Gasteiger partial charge in [-0.15, -0.1) is 0 Å². The molecule has 0 aliphatic carbocycles. The molecule has 0 aromatic heterocycles. The van der Waals surface area contributed by atoms with Crippen LogP contribution in [0.2, 0.25) is 0 Å². The number of nitrogens with one attached hydrogen (secondary N) is 2. The molecule has 0 aliphatic heterocycles. The van der Waals surface area contributed by atoms with E-state index < -0.39 is 97.1 Å². The molecule has 0 bridgehead atoms. The molecule has 3 aromatic carbocycles. The summed E-state index contributed by atoms with van der Waals surface area (Å²) in [7, 11) is 0. The molecular formula is C36H38F6N2O6. The molecular weight excluding hydrogens is 670 g/mol. The van der Waals surface area contributed by atoms with Crippen LogP contribution in [0.5, 0.6) is 0 Å². The Hall–Kier alpha value is -4.88. The number of alkyl halides is 6. The third-order valence-corrected chi connectivity index (χ3v) is 9.42. The first kappa shape index (κ1) is 39.6. The van der Waals surface area contributed by atoms with Gasteiger partial charge in [-0.3, -0.25) is 9.59 Å². The van der Waals surface area contributed by atoms with Gasteiger partial charge in [0.05, 0.1) is 27.8 Å². The largest absolute Gasteiger partial charge is 0.478 e. The predicted molar refractivity (Wildman–Crippen MR) is 176 cm³/mol. The van der Waals surface area contributed by atoms with Gasteiger partial charge in [-0.2, -0.15) is 26.3 Å². The maximum absolute atomic E-state index is 14.4. The summed E-state index contributed by atoms with van der Waals surface area (Å²) in [5, 5.41) is 24.7. The quantitative estimate of drug-likeness (QED) is 0.103. The summed E-state index contributed by atoms with van der Waals surface area (Å²) in [5.74, 6) is -5.39. The highest BCUT2D eigenvalue weighted by Crippen LogP contribution is 2.45. The summed E-state index contributed by atoms with van der Waals surface area (Å²) < 4.78 is 86.2. The molecule has 270 valence electrons. The van der Waals surface area contributed by atoms with Crippen molar-refractivity contribution in [3.8, 4) is 11.1 Å². The summed E-state index contributed by atoms with van der Waals surface area (Å²) in [5.41, 5.74) is -9.32. The molecule has 0 spiro atoms. The van der Waals surface area contributed by atoms with Crippen LogP contribution in [0, 0.1) is 5.41 Å². The average Bonchev–Trinajstić information content (AvgIpc) is 3.05. The van der Waals surface area contributed by atoms with Crippen LogP contribution < -0.4 is 10.6 Å². The van der Waals surface area contributed by atoms with Crippen LogP contribution in [-0.2, 0) is 12.4 Å². The number of benzene rings is 3. The van der Waals surface area contributed by atoms with Crippen LogP contribution in [0.15, 0.2) is 48.5 Å². The van der Waals surface area contributed by atoms with Gasteiger partial charge >= 0.3 is 24.3 Å². The highest BCUT2D eigenvalue weighted by molar-refractivity contribution is 6.16. The number of carbonyl (C=O) groups excluding carboxylic acids is 2. The molecule has 3 aromatic rings. The van der Waals surface area contributed by atoms with E-state index in [1.165, 1.54) is 6.07 Å². The van der Waals surface area contributed by atoms with Gasteiger partial charge in [-0.05, 0) is 80.1 Å². The maximum Gasteiger partial charge on any atom is 0.417 e. The van der Waals surface area contributed by atoms with Crippen molar-refractivity contribution in [1.29, 1.82) is 0 Å². The number of amides is 1. The summed E-state index contributed by atoms with van der Waals surface area (Å²) in [6.07, 6.45) is -8.61. The highest BCUT2D eigenvalue weighted by atomic mass is 19.4. The lowest BCUT2D eigenvalue weighted by atomic mass is 9.76. The molecule has 0 radical (unpaired) electrons. The minimum atomic E-state index is -5.21. The molecule has 0 aliphatic rings. The SMILES string of the molecule is CCC(C)(CC)Nc1ccc(-c2ccc(NC(=O)c3cc(C(=O)C(C)(CC)CC)c(C(=O)O)cc3C(=O)O)cc2C(F)(F)F)c(C(F)(F)F)c1. The Balaban J connectivity index is 2.18. The zero-order chi connectivity index (χ0) is 38.0. The third-order valence-electron chi connectivity index (χ3n) is 9.42. The molecule has 0 fully saturated rings. The van der Waals surface area contributed by atoms with Crippen molar-refractivity contribution in [2.45, 2.75) is 85.1 Å². The first-order valence-electron chi connectivity index (χ1n) is 15.8. The number of ketones is 1. The molecule has 3 rings (SSSR count). The van der Waals surface area contributed by atoms with Crippen LogP contribution in [0.4, 0.5) is 37.7 Å². The predicted octanol–water partition coefficient (Wildman–Crippen LogP) is 10.0. The molecule has 50 heavy (non-hydrogen) atoms. The van der Waals surface area contributed by atoms with Crippen LogP contribution in [0.3, 0.4) is 0 Å². The lowest BCUT2D eigenvalue weighted by molar-refractivity contribution is -0.139. The van der Waals surface area contributed by atoms with E-state index in [0.717, 1.165) is 30.3 Å². The number of aromatic carboxylic acids is 2. The number of Topliss-reactive ketones (excluding diaryl/α,β-unsaturated/α-hetero) is 1. The third kappa shape index (κ3) is 8.28. The van der Waals surface area contributed by atoms with Gasteiger partial charge in [0.2, 0.25) is 0 Å². The Morgan fingerprint density at radius 1 is 0.600 bits per heavy atom. The summed E-state index contributed by atoms with van der Waals surface area (Å²) >= 11 is 0. The number of hydrogen-bond donors (Lipinski definition) is 4. The van der Waals surface area contributed by atoms with Gasteiger partial charge < -0.3 is 20.8 Å². The van der Waals surface area contributed by atoms with E-state index in [1.807, 2.05) is 13.8 Å². The molecule has 0 heterocycles. The van der Waals surface area contributed by atoms with E-state index in [9.17, 15) is 55.7 Å². The molecule has 0 unspecified atom stereocenters. The number of halogens is 6. The molecule has 0 saturated heterocycles. The van der Waals surface area contributed by atoms with Crippen molar-refractivity contribution in [3.05, 3.63) is 81.9 Å². The van der Waals surface area contributed by atoms with Gasteiger partial charge in [-0.1, -0.05) is 46.8 Å². The lowest BCUT2D eigenvalue weighted by Gasteiger charge is -2.30. The number of carboxylic acids is 2. The number of hydrogen-bond acceptors (Lipinski definition) is 5. The van der Waals surface area contributed by atoms with Gasteiger partial charge in [0.25, 0.3) is 5.91 Å². The Kier molecular flexibility index (Phi) is 11.5. The highest BCUT2D eigenvalue weighted by Gasteiger charge is 2.40. The van der Waals surface area contributed by atoms with Crippen molar-refractivity contribution in [1.82, 2.24) is 0 Å². The fraction of sp³-hybridized carbons (Fsp3) is 0.389. The van der Waals surface area contributed by atoms with Gasteiger partial charge in [0, 0.05) is 27.9 Å². The Bertz CT molecular complexity index is 1810. The molecule has 0 saturated carbocycles. The topological polar surface area (TPSA) is 133 Å². The maximum atomic E-state index is 14.4. The zero-order valence-corrected chi connectivity index (χ0v) is 28.2.